The first kappa shape index (κ1) is 28.0. The molecule has 0 aliphatic rings. The summed E-state index contributed by atoms with van der Waals surface area (Å²) in [7, 11) is 1.50. The number of rotatable bonds is 10. The maximum absolute atomic E-state index is 12.9. The highest BCUT2D eigenvalue weighted by molar-refractivity contribution is 5.81. The van der Waals surface area contributed by atoms with Crippen LogP contribution in [0.4, 0.5) is 0 Å². The molecule has 0 saturated heterocycles. The van der Waals surface area contributed by atoms with Gasteiger partial charge >= 0.3 is 0 Å². The van der Waals surface area contributed by atoms with Crippen LogP contribution < -0.4 is 10.1 Å². The van der Waals surface area contributed by atoms with Crippen LogP contribution in [0, 0.1) is 21.7 Å². The van der Waals surface area contributed by atoms with Gasteiger partial charge in [-0.05, 0) is 46.8 Å². The molecule has 182 valence electrons. The van der Waals surface area contributed by atoms with Crippen molar-refractivity contribution in [3.8, 4) is 11.5 Å². The lowest BCUT2D eigenvalue weighted by molar-refractivity contribution is -0.130. The highest BCUT2D eigenvalue weighted by atomic mass is 16.5. The topological polar surface area (TPSA) is 78.8 Å². The number of aliphatic hydroxyl groups excluding tert-OH is 1. The van der Waals surface area contributed by atoms with Crippen LogP contribution in [0.5, 0.6) is 11.5 Å². The fourth-order valence-electron chi connectivity index (χ4n) is 4.62. The predicted molar refractivity (Wildman–Crippen MR) is 132 cm³/mol. The maximum Gasteiger partial charge on any atom is 0.225 e. The summed E-state index contributed by atoms with van der Waals surface area (Å²) in [5.74, 6) is 0.416. The van der Waals surface area contributed by atoms with Crippen molar-refractivity contribution in [2.75, 3.05) is 7.11 Å². The summed E-state index contributed by atoms with van der Waals surface area (Å²) in [5, 5.41) is 23.5. The second kappa shape index (κ2) is 10.3. The van der Waals surface area contributed by atoms with Crippen molar-refractivity contribution in [2.24, 2.45) is 21.7 Å². The molecule has 0 fully saturated rings. The smallest absolute Gasteiger partial charge is 0.225 e. The number of hydrogen-bond donors (Lipinski definition) is 3. The summed E-state index contributed by atoms with van der Waals surface area (Å²) in [6.07, 6.45) is 4.92. The third-order valence-electron chi connectivity index (χ3n) is 5.73. The van der Waals surface area contributed by atoms with Crippen molar-refractivity contribution < 1.29 is 19.7 Å². The van der Waals surface area contributed by atoms with Crippen LogP contribution in [-0.2, 0) is 11.3 Å². The van der Waals surface area contributed by atoms with E-state index in [0.29, 0.717) is 18.7 Å². The zero-order chi connectivity index (χ0) is 25.0. The molecule has 32 heavy (non-hydrogen) atoms. The Morgan fingerprint density at radius 3 is 2.19 bits per heavy atom. The molecule has 0 bridgehead atoms. The zero-order valence-corrected chi connectivity index (χ0v) is 21.8. The average Bonchev–Trinajstić information content (AvgIpc) is 2.62. The molecule has 1 aromatic rings. The van der Waals surface area contributed by atoms with Gasteiger partial charge in [0.1, 0.15) is 0 Å². The number of allylic oxidation sites excluding steroid dienone is 1. The third-order valence-corrected chi connectivity index (χ3v) is 5.73. The lowest BCUT2D eigenvalue weighted by Gasteiger charge is -2.36. The van der Waals surface area contributed by atoms with E-state index in [1.165, 1.54) is 7.11 Å². The second-order valence-corrected chi connectivity index (χ2v) is 12.3. The van der Waals surface area contributed by atoms with Crippen molar-refractivity contribution in [2.45, 2.75) is 87.8 Å². The number of aromatic hydroxyl groups is 1. The number of hydrogen-bond acceptors (Lipinski definition) is 4. The molecule has 5 nitrogen and oxygen atoms in total. The number of phenolic OH excluding ortho intramolecular Hbond substituents is 1. The quantitative estimate of drug-likeness (QED) is 0.394. The van der Waals surface area contributed by atoms with Gasteiger partial charge in [-0.15, -0.1) is 0 Å². The van der Waals surface area contributed by atoms with E-state index in [0.717, 1.165) is 12.0 Å². The monoisotopic (exact) mass is 447 g/mol. The van der Waals surface area contributed by atoms with E-state index in [4.69, 9.17) is 4.74 Å². The highest BCUT2D eigenvalue weighted by Gasteiger charge is 2.35. The standard InChI is InChI=1S/C27H45NO4/c1-24(2,3)17-26(6,7)22(30)13-14-25(4,5)18-27(8,9)23(31)28-16-19-11-12-20(29)21(15-19)32-10/h11-15,22,29-30H,16-18H2,1-10H3,(H,28,31)/b14-13-. The van der Waals surface area contributed by atoms with E-state index in [1.54, 1.807) is 18.2 Å². The molecule has 0 heterocycles. The van der Waals surface area contributed by atoms with Gasteiger partial charge in [0.2, 0.25) is 5.91 Å². The Hall–Kier alpha value is -2.01. The SMILES string of the molecule is COc1cc(CNC(=O)C(C)(C)CC(C)(C)/C=C\C(O)C(C)(C)CC(C)(C)C)ccc1O. The number of amides is 1. The molecule has 1 aromatic carbocycles. The number of benzene rings is 1. The van der Waals surface area contributed by atoms with Crippen LogP contribution in [0.1, 0.15) is 80.7 Å². The van der Waals surface area contributed by atoms with Crippen LogP contribution >= 0.6 is 0 Å². The van der Waals surface area contributed by atoms with Crippen molar-refractivity contribution in [3.63, 3.8) is 0 Å². The number of aliphatic hydroxyl groups is 1. The zero-order valence-electron chi connectivity index (χ0n) is 21.8. The van der Waals surface area contributed by atoms with Crippen molar-refractivity contribution >= 4 is 5.91 Å². The summed E-state index contributed by atoms with van der Waals surface area (Å²) in [5.41, 5.74) is -0.104. The third kappa shape index (κ3) is 8.85. The molecule has 1 unspecified atom stereocenters. The highest BCUT2D eigenvalue weighted by Crippen LogP contribution is 2.39. The van der Waals surface area contributed by atoms with Crippen molar-refractivity contribution in [1.82, 2.24) is 5.32 Å². The summed E-state index contributed by atoms with van der Waals surface area (Å²) < 4.78 is 5.13. The molecule has 0 aliphatic carbocycles. The van der Waals surface area contributed by atoms with Gasteiger partial charge in [-0.2, -0.15) is 0 Å². The lowest BCUT2D eigenvalue weighted by atomic mass is 9.71. The van der Waals surface area contributed by atoms with Gasteiger partial charge in [-0.1, -0.05) is 80.5 Å². The Bertz CT molecular complexity index is 800. The first-order valence-electron chi connectivity index (χ1n) is 11.4. The van der Waals surface area contributed by atoms with Gasteiger partial charge in [0, 0.05) is 12.0 Å². The molecule has 0 spiro atoms. The Morgan fingerprint density at radius 2 is 1.66 bits per heavy atom. The van der Waals surface area contributed by atoms with Crippen LogP contribution in [-0.4, -0.2) is 29.3 Å². The number of nitrogens with one attached hydrogen (secondary N) is 1. The molecule has 1 amide bonds. The van der Waals surface area contributed by atoms with E-state index < -0.39 is 11.5 Å². The minimum atomic E-state index is -0.597. The normalized spacial score (nSPS) is 14.5. The molecule has 1 rings (SSSR count). The fraction of sp³-hybridized carbons (Fsp3) is 0.667. The molecule has 0 saturated carbocycles. The van der Waals surface area contributed by atoms with Crippen LogP contribution in [0.2, 0.25) is 0 Å². The minimum absolute atomic E-state index is 0.0420. The van der Waals surface area contributed by atoms with Gasteiger partial charge in [-0.3, -0.25) is 4.79 Å². The van der Waals surface area contributed by atoms with Gasteiger partial charge in [-0.25, -0.2) is 0 Å². The summed E-state index contributed by atoms with van der Waals surface area (Å²) in [6, 6.07) is 5.04. The van der Waals surface area contributed by atoms with E-state index in [-0.39, 0.29) is 27.9 Å². The Kier molecular flexibility index (Phi) is 9.01. The predicted octanol–water partition coefficient (Wildman–Crippen LogP) is 5.84. The molecule has 5 heteroatoms. The first-order valence-corrected chi connectivity index (χ1v) is 11.4. The summed E-state index contributed by atoms with van der Waals surface area (Å²) in [6.45, 7) is 19.2. The van der Waals surface area contributed by atoms with Crippen molar-refractivity contribution in [1.29, 1.82) is 0 Å². The second-order valence-electron chi connectivity index (χ2n) is 12.3. The van der Waals surface area contributed by atoms with Crippen molar-refractivity contribution in [3.05, 3.63) is 35.9 Å². The minimum Gasteiger partial charge on any atom is -0.504 e. The van der Waals surface area contributed by atoms with E-state index in [1.807, 2.05) is 26.0 Å². The van der Waals surface area contributed by atoms with Gasteiger partial charge < -0.3 is 20.3 Å². The van der Waals surface area contributed by atoms with Crippen LogP contribution in [0.15, 0.2) is 30.4 Å². The lowest BCUT2D eigenvalue weighted by Crippen LogP contribution is -2.39. The largest absolute Gasteiger partial charge is 0.504 e. The van der Waals surface area contributed by atoms with E-state index in [9.17, 15) is 15.0 Å². The van der Waals surface area contributed by atoms with Gasteiger partial charge in [0.05, 0.1) is 13.2 Å². The summed E-state index contributed by atoms with van der Waals surface area (Å²) in [4.78, 5) is 12.9. The molecule has 0 radical (unpaired) electrons. The number of phenols is 1. The van der Waals surface area contributed by atoms with E-state index in [2.05, 4.69) is 53.8 Å². The number of ether oxygens (including phenoxy) is 1. The molecule has 0 aliphatic heterocycles. The molecular formula is C27H45NO4. The number of carbonyl (C=O) groups is 1. The molecule has 0 aromatic heterocycles. The van der Waals surface area contributed by atoms with Crippen LogP contribution in [0.25, 0.3) is 0 Å². The van der Waals surface area contributed by atoms with E-state index >= 15 is 0 Å². The summed E-state index contributed by atoms with van der Waals surface area (Å²) >= 11 is 0. The molecule has 1 atom stereocenters. The molecular weight excluding hydrogens is 402 g/mol. The maximum atomic E-state index is 12.9. The van der Waals surface area contributed by atoms with Crippen LogP contribution in [0.3, 0.4) is 0 Å². The number of methoxy groups -OCH3 is 1. The Balaban J connectivity index is 2.78. The fourth-order valence-corrected chi connectivity index (χ4v) is 4.62. The first-order chi connectivity index (χ1) is 14.4. The van der Waals surface area contributed by atoms with Gasteiger partial charge in [0.15, 0.2) is 11.5 Å². The van der Waals surface area contributed by atoms with Gasteiger partial charge in [0.25, 0.3) is 0 Å². The number of carbonyl (C=O) groups excluding carboxylic acids is 1. The Labute approximate surface area is 195 Å². The Morgan fingerprint density at radius 1 is 1.06 bits per heavy atom. The average molecular weight is 448 g/mol. The molecule has 3 N–H and O–H groups in total.